The third-order valence-electron chi connectivity index (χ3n) is 2.99. The molecule has 0 bridgehead atoms. The second-order valence-electron chi connectivity index (χ2n) is 4.84. The molecule has 0 saturated heterocycles. The largest absolute Gasteiger partial charge is 0.390 e. The molecule has 0 aliphatic rings. The average Bonchev–Trinajstić information content (AvgIpc) is 2.30. The fourth-order valence-corrected chi connectivity index (χ4v) is 3.26. The van der Waals surface area contributed by atoms with Gasteiger partial charge in [0.25, 0.3) is 0 Å². The average molecular weight is 324 g/mol. The van der Waals surface area contributed by atoms with Crippen molar-refractivity contribution in [2.75, 3.05) is 13.6 Å². The summed E-state index contributed by atoms with van der Waals surface area (Å²) in [4.78, 5) is 0.0144. The first-order valence-corrected chi connectivity index (χ1v) is 7.86. The van der Waals surface area contributed by atoms with Crippen LogP contribution in [0.25, 0.3) is 0 Å². The van der Waals surface area contributed by atoms with Crippen LogP contribution in [-0.4, -0.2) is 28.2 Å². The lowest BCUT2D eigenvalue weighted by atomic mass is 10.1. The number of halogens is 3. The van der Waals surface area contributed by atoms with Gasteiger partial charge >= 0.3 is 6.18 Å². The van der Waals surface area contributed by atoms with Crippen LogP contribution in [0.3, 0.4) is 0 Å². The van der Waals surface area contributed by atoms with Crippen molar-refractivity contribution in [3.63, 3.8) is 0 Å². The standard InChI is InChI=1S/C13H19F3N2O2S/c1-9-6-10(2)12(7-11(9)8-17-3)21(19,20)18-5-4-13(14,15)16/h6-7,17-18H,4-5,8H2,1-3H3. The monoisotopic (exact) mass is 324 g/mol. The Hall–Kier alpha value is -1.12. The van der Waals surface area contributed by atoms with E-state index in [9.17, 15) is 21.6 Å². The number of sulfonamides is 1. The summed E-state index contributed by atoms with van der Waals surface area (Å²) < 4.78 is 62.5. The van der Waals surface area contributed by atoms with Crippen LogP contribution in [0.4, 0.5) is 13.2 Å². The van der Waals surface area contributed by atoms with E-state index in [1.54, 1.807) is 20.0 Å². The molecular weight excluding hydrogens is 305 g/mol. The van der Waals surface area contributed by atoms with E-state index in [0.717, 1.165) is 11.1 Å². The highest BCUT2D eigenvalue weighted by atomic mass is 32.2. The van der Waals surface area contributed by atoms with Crippen LogP contribution in [0, 0.1) is 13.8 Å². The molecule has 0 radical (unpaired) electrons. The Morgan fingerprint density at radius 2 is 1.76 bits per heavy atom. The van der Waals surface area contributed by atoms with E-state index in [1.165, 1.54) is 6.07 Å². The van der Waals surface area contributed by atoms with Crippen molar-refractivity contribution in [1.29, 1.82) is 0 Å². The van der Waals surface area contributed by atoms with Gasteiger partial charge in [0.05, 0.1) is 11.3 Å². The third-order valence-corrected chi connectivity index (χ3v) is 4.59. The molecule has 0 atom stereocenters. The molecule has 1 aromatic rings. The zero-order chi connectivity index (χ0) is 16.3. The molecule has 0 unspecified atom stereocenters. The first kappa shape index (κ1) is 17.9. The fourth-order valence-electron chi connectivity index (χ4n) is 1.95. The minimum absolute atomic E-state index is 0.0144. The van der Waals surface area contributed by atoms with E-state index in [4.69, 9.17) is 0 Å². The molecule has 0 aliphatic heterocycles. The van der Waals surface area contributed by atoms with Gasteiger partial charge in [-0.2, -0.15) is 13.2 Å². The van der Waals surface area contributed by atoms with Crippen molar-refractivity contribution in [3.05, 3.63) is 28.8 Å². The van der Waals surface area contributed by atoms with Gasteiger partial charge in [-0.1, -0.05) is 6.07 Å². The van der Waals surface area contributed by atoms with E-state index in [-0.39, 0.29) is 4.90 Å². The maximum Gasteiger partial charge on any atom is 0.390 e. The molecule has 0 aromatic heterocycles. The van der Waals surface area contributed by atoms with E-state index >= 15 is 0 Å². The van der Waals surface area contributed by atoms with Crippen molar-refractivity contribution >= 4 is 10.0 Å². The van der Waals surface area contributed by atoms with Gasteiger partial charge in [0, 0.05) is 13.1 Å². The van der Waals surface area contributed by atoms with Crippen molar-refractivity contribution in [1.82, 2.24) is 10.0 Å². The lowest BCUT2D eigenvalue weighted by Crippen LogP contribution is -2.28. The van der Waals surface area contributed by atoms with Gasteiger partial charge in [0.15, 0.2) is 0 Å². The number of rotatable bonds is 6. The van der Waals surface area contributed by atoms with E-state index in [1.807, 2.05) is 11.6 Å². The third kappa shape index (κ3) is 5.29. The van der Waals surface area contributed by atoms with Crippen LogP contribution in [0.1, 0.15) is 23.1 Å². The summed E-state index contributed by atoms with van der Waals surface area (Å²) in [5, 5.41) is 2.92. The highest BCUT2D eigenvalue weighted by Crippen LogP contribution is 2.22. The van der Waals surface area contributed by atoms with Crippen LogP contribution < -0.4 is 10.0 Å². The van der Waals surface area contributed by atoms with Crippen LogP contribution in [0.2, 0.25) is 0 Å². The molecule has 0 spiro atoms. The molecule has 2 N–H and O–H groups in total. The minimum atomic E-state index is -4.39. The van der Waals surface area contributed by atoms with Crippen molar-refractivity contribution in [2.45, 2.75) is 37.9 Å². The van der Waals surface area contributed by atoms with E-state index in [0.29, 0.717) is 12.1 Å². The number of nitrogens with one attached hydrogen (secondary N) is 2. The Balaban J connectivity index is 2.99. The number of aryl methyl sites for hydroxylation is 2. The van der Waals surface area contributed by atoms with Gasteiger partial charge in [-0.25, -0.2) is 13.1 Å². The predicted molar refractivity (Wildman–Crippen MR) is 74.5 cm³/mol. The molecule has 0 saturated carbocycles. The number of hydrogen-bond donors (Lipinski definition) is 2. The van der Waals surface area contributed by atoms with E-state index < -0.39 is 29.2 Å². The highest BCUT2D eigenvalue weighted by molar-refractivity contribution is 7.89. The summed E-state index contributed by atoms with van der Waals surface area (Å²) in [5.74, 6) is 0. The molecule has 4 nitrogen and oxygen atoms in total. The normalized spacial score (nSPS) is 12.7. The first-order chi connectivity index (χ1) is 9.57. The summed E-state index contributed by atoms with van der Waals surface area (Å²) in [5.41, 5.74) is 2.22. The lowest BCUT2D eigenvalue weighted by Gasteiger charge is -2.14. The number of benzene rings is 1. The van der Waals surface area contributed by atoms with Gasteiger partial charge < -0.3 is 5.32 Å². The highest BCUT2D eigenvalue weighted by Gasteiger charge is 2.28. The van der Waals surface area contributed by atoms with Crippen LogP contribution >= 0.6 is 0 Å². The SMILES string of the molecule is CNCc1cc(S(=O)(=O)NCCC(F)(F)F)c(C)cc1C. The predicted octanol–water partition coefficient (Wildman–Crippen LogP) is 2.25. The molecule has 8 heteroatoms. The molecule has 1 aromatic carbocycles. The molecule has 0 heterocycles. The number of hydrogen-bond acceptors (Lipinski definition) is 3. The quantitative estimate of drug-likeness (QED) is 0.844. The topological polar surface area (TPSA) is 58.2 Å². The van der Waals surface area contributed by atoms with Gasteiger partial charge in [0.2, 0.25) is 10.0 Å². The van der Waals surface area contributed by atoms with Gasteiger partial charge in [-0.3, -0.25) is 0 Å². The Morgan fingerprint density at radius 3 is 2.29 bits per heavy atom. The molecule has 21 heavy (non-hydrogen) atoms. The molecular formula is C13H19F3N2O2S. The number of alkyl halides is 3. The minimum Gasteiger partial charge on any atom is -0.316 e. The second-order valence-corrected chi connectivity index (χ2v) is 6.57. The van der Waals surface area contributed by atoms with Crippen molar-refractivity contribution in [3.8, 4) is 0 Å². The molecule has 0 fully saturated rings. The molecule has 0 aliphatic carbocycles. The molecule has 120 valence electrons. The maximum atomic E-state index is 12.1. The Kier molecular flexibility index (Phi) is 5.77. The zero-order valence-corrected chi connectivity index (χ0v) is 13.0. The molecule has 0 amide bonds. The van der Waals surface area contributed by atoms with Gasteiger partial charge in [0.1, 0.15) is 0 Å². The zero-order valence-electron chi connectivity index (χ0n) is 12.1. The van der Waals surface area contributed by atoms with Crippen molar-refractivity contribution < 1.29 is 21.6 Å². The lowest BCUT2D eigenvalue weighted by molar-refractivity contribution is -0.132. The van der Waals surface area contributed by atoms with Crippen LogP contribution in [0.5, 0.6) is 0 Å². The first-order valence-electron chi connectivity index (χ1n) is 6.38. The summed E-state index contributed by atoms with van der Waals surface area (Å²) in [7, 11) is -2.22. The Morgan fingerprint density at radius 1 is 1.14 bits per heavy atom. The Labute approximate surface area is 122 Å². The molecule has 1 rings (SSSR count). The Bertz CT molecular complexity index is 598. The summed E-state index contributed by atoms with van der Waals surface area (Å²) in [6, 6.07) is 3.21. The van der Waals surface area contributed by atoms with Crippen LogP contribution in [0.15, 0.2) is 17.0 Å². The van der Waals surface area contributed by atoms with Crippen molar-refractivity contribution in [2.24, 2.45) is 0 Å². The van der Waals surface area contributed by atoms with Gasteiger partial charge in [-0.15, -0.1) is 0 Å². The summed E-state index contributed by atoms with van der Waals surface area (Å²) >= 11 is 0. The van der Waals surface area contributed by atoms with Crippen LogP contribution in [-0.2, 0) is 16.6 Å². The smallest absolute Gasteiger partial charge is 0.316 e. The summed E-state index contributed by atoms with van der Waals surface area (Å²) in [6.07, 6.45) is -5.58. The van der Waals surface area contributed by atoms with Gasteiger partial charge in [-0.05, 0) is 43.7 Å². The fraction of sp³-hybridized carbons (Fsp3) is 0.538. The maximum absolute atomic E-state index is 12.1. The second kappa shape index (κ2) is 6.76. The van der Waals surface area contributed by atoms with E-state index in [2.05, 4.69) is 5.32 Å². The summed E-state index contributed by atoms with van der Waals surface area (Å²) in [6.45, 7) is 3.29.